The zero-order valence-electron chi connectivity index (χ0n) is 11.4. The van der Waals surface area contributed by atoms with Crippen LogP contribution in [0.15, 0.2) is 18.2 Å². The Morgan fingerprint density at radius 3 is 3.00 bits per heavy atom. The smallest absolute Gasteiger partial charge is 0.224 e. The van der Waals surface area contributed by atoms with E-state index in [4.69, 9.17) is 10.6 Å². The molecule has 5 nitrogen and oxygen atoms in total. The van der Waals surface area contributed by atoms with Crippen molar-refractivity contribution >= 4 is 17.3 Å². The Labute approximate surface area is 117 Å². The molecule has 1 aromatic rings. The van der Waals surface area contributed by atoms with Gasteiger partial charge in [-0.25, -0.2) is 4.39 Å². The van der Waals surface area contributed by atoms with E-state index in [1.54, 1.807) is 0 Å². The second-order valence-electron chi connectivity index (χ2n) is 4.86. The molecule has 1 aliphatic heterocycles. The second-order valence-corrected chi connectivity index (χ2v) is 4.86. The van der Waals surface area contributed by atoms with Crippen LogP contribution in [0.4, 0.5) is 15.8 Å². The summed E-state index contributed by atoms with van der Waals surface area (Å²) in [6.45, 7) is 2.44. The van der Waals surface area contributed by atoms with Crippen molar-refractivity contribution < 1.29 is 14.0 Å². The monoisotopic (exact) mass is 281 g/mol. The van der Waals surface area contributed by atoms with Crippen LogP contribution in [-0.4, -0.2) is 30.7 Å². The van der Waals surface area contributed by atoms with Gasteiger partial charge in [0.15, 0.2) is 0 Å². The second kappa shape index (κ2) is 7.21. The average Bonchev–Trinajstić information content (AvgIpc) is 2.44. The van der Waals surface area contributed by atoms with Crippen LogP contribution in [0.25, 0.3) is 0 Å². The maximum atomic E-state index is 13.0. The number of nitrogen functional groups attached to an aromatic ring is 1. The van der Waals surface area contributed by atoms with Gasteiger partial charge in [0.05, 0.1) is 12.3 Å². The molecule has 3 N–H and O–H groups in total. The molecule has 1 amide bonds. The molecular weight excluding hydrogens is 261 g/mol. The lowest BCUT2D eigenvalue weighted by atomic mass is 10.2. The van der Waals surface area contributed by atoms with Gasteiger partial charge in [-0.15, -0.1) is 0 Å². The zero-order chi connectivity index (χ0) is 14.4. The van der Waals surface area contributed by atoms with Crippen molar-refractivity contribution in [3.63, 3.8) is 0 Å². The number of hydrogen-bond donors (Lipinski definition) is 2. The van der Waals surface area contributed by atoms with Crippen LogP contribution in [-0.2, 0) is 9.63 Å². The van der Waals surface area contributed by atoms with E-state index in [9.17, 15) is 9.18 Å². The van der Waals surface area contributed by atoms with Crippen molar-refractivity contribution in [3.8, 4) is 0 Å². The number of hydrogen-bond acceptors (Lipinski definition) is 4. The Bertz CT molecular complexity index is 462. The normalized spacial score (nSPS) is 16.1. The Balaban J connectivity index is 1.70. The average molecular weight is 281 g/mol. The van der Waals surface area contributed by atoms with Crippen molar-refractivity contribution in [1.29, 1.82) is 0 Å². The van der Waals surface area contributed by atoms with Crippen LogP contribution in [0.5, 0.6) is 0 Å². The Hall–Kier alpha value is -1.66. The Morgan fingerprint density at radius 1 is 1.45 bits per heavy atom. The van der Waals surface area contributed by atoms with Gasteiger partial charge < -0.3 is 11.1 Å². The van der Waals surface area contributed by atoms with Crippen LogP contribution < -0.4 is 11.1 Å². The van der Waals surface area contributed by atoms with Gasteiger partial charge in [0.1, 0.15) is 5.82 Å². The van der Waals surface area contributed by atoms with Crippen LogP contribution >= 0.6 is 0 Å². The van der Waals surface area contributed by atoms with Crippen LogP contribution in [0.2, 0.25) is 0 Å². The van der Waals surface area contributed by atoms with Crippen molar-refractivity contribution in [3.05, 3.63) is 24.0 Å². The molecule has 1 aromatic carbocycles. The third-order valence-corrected chi connectivity index (χ3v) is 3.17. The fourth-order valence-corrected chi connectivity index (χ4v) is 2.09. The van der Waals surface area contributed by atoms with Crippen molar-refractivity contribution in [2.24, 2.45) is 0 Å². The third kappa shape index (κ3) is 4.47. The van der Waals surface area contributed by atoms with Gasteiger partial charge in [0.2, 0.25) is 5.91 Å². The number of nitrogens with one attached hydrogen (secondary N) is 1. The maximum Gasteiger partial charge on any atom is 0.224 e. The van der Waals surface area contributed by atoms with Gasteiger partial charge in [0.25, 0.3) is 0 Å². The number of nitrogens with zero attached hydrogens (tertiary/aromatic N) is 1. The van der Waals surface area contributed by atoms with E-state index >= 15 is 0 Å². The summed E-state index contributed by atoms with van der Waals surface area (Å²) in [5.74, 6) is -0.585. The largest absolute Gasteiger partial charge is 0.396 e. The van der Waals surface area contributed by atoms with E-state index in [0.717, 1.165) is 39.0 Å². The van der Waals surface area contributed by atoms with Crippen LogP contribution in [0.3, 0.4) is 0 Å². The minimum Gasteiger partial charge on any atom is -0.396 e. The van der Waals surface area contributed by atoms with Gasteiger partial charge in [-0.1, -0.05) is 0 Å². The molecule has 0 bridgehead atoms. The predicted molar refractivity (Wildman–Crippen MR) is 75.4 cm³/mol. The summed E-state index contributed by atoms with van der Waals surface area (Å²) in [4.78, 5) is 17.2. The molecule has 0 aliphatic carbocycles. The first kappa shape index (κ1) is 14.7. The van der Waals surface area contributed by atoms with Gasteiger partial charge in [-0.3, -0.25) is 9.63 Å². The lowest BCUT2D eigenvalue weighted by molar-refractivity contribution is -0.180. The summed E-state index contributed by atoms with van der Waals surface area (Å²) in [5.41, 5.74) is 5.99. The number of rotatable bonds is 5. The molecule has 1 heterocycles. The van der Waals surface area contributed by atoms with E-state index < -0.39 is 5.82 Å². The fourth-order valence-electron chi connectivity index (χ4n) is 2.09. The number of hydroxylamine groups is 2. The van der Waals surface area contributed by atoms with Gasteiger partial charge in [-0.2, -0.15) is 5.06 Å². The highest BCUT2D eigenvalue weighted by molar-refractivity contribution is 5.91. The Morgan fingerprint density at radius 2 is 2.30 bits per heavy atom. The summed E-state index contributed by atoms with van der Waals surface area (Å²) >= 11 is 0. The van der Waals surface area contributed by atoms with Gasteiger partial charge >= 0.3 is 0 Å². The molecule has 1 fully saturated rings. The van der Waals surface area contributed by atoms with Gasteiger partial charge in [-0.05, 0) is 37.5 Å². The molecule has 1 aliphatic rings. The minimum atomic E-state index is -0.481. The highest BCUT2D eigenvalue weighted by Gasteiger charge is 2.11. The number of carbonyl (C=O) groups excluding carboxylic acids is 1. The first-order valence-corrected chi connectivity index (χ1v) is 6.88. The van der Waals surface area contributed by atoms with Crippen LogP contribution in [0, 0.1) is 5.82 Å². The molecule has 0 aromatic heterocycles. The number of carbonyl (C=O) groups is 1. The molecule has 2 rings (SSSR count). The number of halogens is 1. The molecular formula is C14H20FN3O2. The number of amides is 1. The third-order valence-electron chi connectivity index (χ3n) is 3.17. The lowest BCUT2D eigenvalue weighted by Gasteiger charge is -2.25. The van der Waals surface area contributed by atoms with E-state index in [-0.39, 0.29) is 11.6 Å². The van der Waals surface area contributed by atoms with E-state index in [2.05, 4.69) is 5.32 Å². The molecule has 20 heavy (non-hydrogen) atoms. The number of anilines is 2. The van der Waals surface area contributed by atoms with Gasteiger partial charge in [0, 0.05) is 25.2 Å². The lowest BCUT2D eigenvalue weighted by Crippen LogP contribution is -2.31. The summed E-state index contributed by atoms with van der Waals surface area (Å²) in [6.07, 6.45) is 3.36. The van der Waals surface area contributed by atoms with E-state index in [1.165, 1.54) is 18.2 Å². The maximum absolute atomic E-state index is 13.0. The molecule has 0 unspecified atom stereocenters. The summed E-state index contributed by atoms with van der Waals surface area (Å²) in [6, 6.07) is 4.16. The summed E-state index contributed by atoms with van der Waals surface area (Å²) < 4.78 is 13.0. The van der Waals surface area contributed by atoms with E-state index in [0.29, 0.717) is 12.1 Å². The quantitative estimate of drug-likeness (QED) is 0.812. The number of nitrogens with two attached hydrogens (primary N) is 1. The standard InChI is InChI=1S/C14H20FN3O2/c15-12-6-5-11(10-13(12)16)17-14(19)4-3-8-18-7-1-2-9-20-18/h5-6,10H,1-4,7-9,16H2,(H,17,19). The number of benzene rings is 1. The topological polar surface area (TPSA) is 67.6 Å². The molecule has 0 atom stereocenters. The predicted octanol–water partition coefficient (Wildman–Crippen LogP) is 2.15. The van der Waals surface area contributed by atoms with Crippen molar-refractivity contribution in [2.75, 3.05) is 30.7 Å². The molecule has 0 saturated carbocycles. The highest BCUT2D eigenvalue weighted by atomic mass is 19.1. The Kier molecular flexibility index (Phi) is 5.31. The molecule has 110 valence electrons. The van der Waals surface area contributed by atoms with Crippen LogP contribution in [0.1, 0.15) is 25.7 Å². The molecule has 1 saturated heterocycles. The SMILES string of the molecule is Nc1cc(NC(=O)CCCN2CCCCO2)ccc1F. The first-order chi connectivity index (χ1) is 9.65. The minimum absolute atomic E-state index is 0.0320. The first-order valence-electron chi connectivity index (χ1n) is 6.88. The van der Waals surface area contributed by atoms with Crippen molar-refractivity contribution in [2.45, 2.75) is 25.7 Å². The summed E-state index contributed by atoms with van der Waals surface area (Å²) in [7, 11) is 0. The summed E-state index contributed by atoms with van der Waals surface area (Å²) in [5, 5.41) is 4.61. The molecule has 0 spiro atoms. The molecule has 0 radical (unpaired) electrons. The zero-order valence-corrected chi connectivity index (χ0v) is 11.4. The fraction of sp³-hybridized carbons (Fsp3) is 0.500. The van der Waals surface area contributed by atoms with E-state index in [1.807, 2.05) is 5.06 Å². The highest BCUT2D eigenvalue weighted by Crippen LogP contribution is 2.16. The molecule has 6 heteroatoms. The van der Waals surface area contributed by atoms with Crippen molar-refractivity contribution in [1.82, 2.24) is 5.06 Å².